The lowest BCUT2D eigenvalue weighted by Gasteiger charge is -2.23. The van der Waals surface area contributed by atoms with Crippen LogP contribution in [0.15, 0.2) is 33.1 Å². The van der Waals surface area contributed by atoms with E-state index in [0.717, 1.165) is 35.7 Å². The van der Waals surface area contributed by atoms with E-state index >= 15 is 0 Å². The van der Waals surface area contributed by atoms with Gasteiger partial charge < -0.3 is 20.3 Å². The quantitative estimate of drug-likeness (QED) is 0.270. The number of aliphatic hydroxyl groups is 1. The monoisotopic (exact) mass is 506 g/mol. The summed E-state index contributed by atoms with van der Waals surface area (Å²) in [5, 5.41) is 23.2. The van der Waals surface area contributed by atoms with Gasteiger partial charge in [-0.3, -0.25) is 0 Å². The molecule has 0 spiro atoms. The molecule has 6 nitrogen and oxygen atoms in total. The number of rotatable bonds is 9. The first kappa shape index (κ1) is 23.9. The van der Waals surface area contributed by atoms with Gasteiger partial charge in [0, 0.05) is 23.4 Å². The number of hydrogen-bond acceptors (Lipinski definition) is 5. The van der Waals surface area contributed by atoms with Crippen LogP contribution < -0.4 is 10.6 Å². The number of aromatic nitrogens is 1. The summed E-state index contributed by atoms with van der Waals surface area (Å²) in [7, 11) is 0. The summed E-state index contributed by atoms with van der Waals surface area (Å²) in [5.74, 6) is 1.82. The molecular formula is C19H31IN4O2S. The molecule has 152 valence electrons. The first-order valence-corrected chi connectivity index (χ1v) is 10.1. The van der Waals surface area contributed by atoms with Crippen LogP contribution in [0, 0.1) is 0 Å². The average Bonchev–Trinajstić information content (AvgIpc) is 3.31. The second kappa shape index (κ2) is 11.7. The molecular weight excluding hydrogens is 475 g/mol. The average molecular weight is 506 g/mol. The van der Waals surface area contributed by atoms with Crippen LogP contribution in [0.1, 0.15) is 62.8 Å². The second-order valence-electron chi connectivity index (χ2n) is 6.53. The third kappa shape index (κ3) is 7.08. The minimum atomic E-state index is -0.945. The third-order valence-electron chi connectivity index (χ3n) is 4.37. The lowest BCUT2D eigenvalue weighted by molar-refractivity contribution is 0.0655. The fourth-order valence-electron chi connectivity index (χ4n) is 2.73. The Kier molecular flexibility index (Phi) is 10.3. The molecule has 0 fully saturated rings. The molecule has 8 heteroatoms. The molecule has 1 unspecified atom stereocenters. The van der Waals surface area contributed by atoms with Gasteiger partial charge in [-0.05, 0) is 38.1 Å². The Morgan fingerprint density at radius 1 is 1.33 bits per heavy atom. The predicted octanol–water partition coefficient (Wildman–Crippen LogP) is 4.22. The van der Waals surface area contributed by atoms with E-state index in [-0.39, 0.29) is 24.0 Å². The Morgan fingerprint density at radius 2 is 2.07 bits per heavy atom. The van der Waals surface area contributed by atoms with E-state index in [2.05, 4.69) is 34.6 Å². The Morgan fingerprint density at radius 3 is 2.67 bits per heavy atom. The van der Waals surface area contributed by atoms with Crippen LogP contribution in [0.2, 0.25) is 0 Å². The molecule has 0 aliphatic rings. The SMILES string of the molecule is CCNC(=NCc1cc(C(CC)CC)no1)NCC(C)(O)c1cccs1.I. The van der Waals surface area contributed by atoms with Crippen molar-refractivity contribution in [1.82, 2.24) is 15.8 Å². The molecule has 0 bridgehead atoms. The highest BCUT2D eigenvalue weighted by molar-refractivity contribution is 14.0. The summed E-state index contributed by atoms with van der Waals surface area (Å²) in [4.78, 5) is 5.47. The molecule has 0 aliphatic carbocycles. The second-order valence-corrected chi connectivity index (χ2v) is 7.48. The Labute approximate surface area is 182 Å². The van der Waals surface area contributed by atoms with E-state index in [0.29, 0.717) is 25.0 Å². The van der Waals surface area contributed by atoms with Gasteiger partial charge in [-0.2, -0.15) is 0 Å². The smallest absolute Gasteiger partial charge is 0.191 e. The van der Waals surface area contributed by atoms with Crippen LogP contribution in [0.3, 0.4) is 0 Å². The van der Waals surface area contributed by atoms with Crippen LogP contribution in [0.4, 0.5) is 0 Å². The van der Waals surface area contributed by atoms with Gasteiger partial charge in [-0.15, -0.1) is 35.3 Å². The van der Waals surface area contributed by atoms with Gasteiger partial charge in [0.1, 0.15) is 12.1 Å². The summed E-state index contributed by atoms with van der Waals surface area (Å²) in [6.07, 6.45) is 2.10. The van der Waals surface area contributed by atoms with Crippen LogP contribution in [-0.4, -0.2) is 29.3 Å². The van der Waals surface area contributed by atoms with Crippen molar-refractivity contribution >= 4 is 41.3 Å². The summed E-state index contributed by atoms with van der Waals surface area (Å²) in [6, 6.07) is 5.87. The Bertz CT molecular complexity index is 682. The van der Waals surface area contributed by atoms with E-state index in [1.807, 2.05) is 30.5 Å². The van der Waals surface area contributed by atoms with Crippen molar-refractivity contribution in [2.24, 2.45) is 4.99 Å². The number of nitrogens with zero attached hydrogens (tertiary/aromatic N) is 2. The van der Waals surface area contributed by atoms with Crippen molar-refractivity contribution in [2.45, 2.75) is 58.6 Å². The van der Waals surface area contributed by atoms with Crippen LogP contribution in [-0.2, 0) is 12.1 Å². The van der Waals surface area contributed by atoms with E-state index in [1.165, 1.54) is 0 Å². The highest BCUT2D eigenvalue weighted by atomic mass is 127. The van der Waals surface area contributed by atoms with Gasteiger partial charge >= 0.3 is 0 Å². The number of thiophene rings is 1. The highest BCUT2D eigenvalue weighted by Crippen LogP contribution is 2.24. The molecule has 0 aliphatic heterocycles. The van der Waals surface area contributed by atoms with Gasteiger partial charge in [0.05, 0.1) is 12.2 Å². The number of guanidine groups is 1. The molecule has 2 aromatic rings. The highest BCUT2D eigenvalue weighted by Gasteiger charge is 2.24. The maximum absolute atomic E-state index is 10.6. The Hall–Kier alpha value is -1.13. The fourth-order valence-corrected chi connectivity index (χ4v) is 3.52. The minimum Gasteiger partial charge on any atom is -0.383 e. The molecule has 0 aromatic carbocycles. The van der Waals surface area contributed by atoms with Crippen molar-refractivity contribution in [2.75, 3.05) is 13.1 Å². The lowest BCUT2D eigenvalue weighted by Crippen LogP contribution is -2.44. The van der Waals surface area contributed by atoms with Crippen LogP contribution in [0.5, 0.6) is 0 Å². The first-order valence-electron chi connectivity index (χ1n) is 9.24. The molecule has 2 aromatic heterocycles. The van der Waals surface area contributed by atoms with Crippen LogP contribution >= 0.6 is 35.3 Å². The lowest BCUT2D eigenvalue weighted by atomic mass is 9.99. The fraction of sp³-hybridized carbons (Fsp3) is 0.579. The van der Waals surface area contributed by atoms with Gasteiger partial charge in [0.15, 0.2) is 11.7 Å². The van der Waals surface area contributed by atoms with Crippen molar-refractivity contribution in [1.29, 1.82) is 0 Å². The van der Waals surface area contributed by atoms with Crippen molar-refractivity contribution in [3.05, 3.63) is 39.9 Å². The van der Waals surface area contributed by atoms with Gasteiger partial charge in [0.25, 0.3) is 0 Å². The van der Waals surface area contributed by atoms with Crippen molar-refractivity contribution in [3.63, 3.8) is 0 Å². The number of halogens is 1. The van der Waals surface area contributed by atoms with E-state index < -0.39 is 5.60 Å². The third-order valence-corrected chi connectivity index (χ3v) is 5.49. The number of nitrogens with one attached hydrogen (secondary N) is 2. The van der Waals surface area contributed by atoms with Crippen molar-refractivity contribution < 1.29 is 9.63 Å². The standard InChI is InChI=1S/C19H30N4O2S.HI/c1-5-14(6-2)16-11-15(25-23-16)12-21-18(20-7-3)22-13-19(4,24)17-9-8-10-26-17;/h8-11,14,24H,5-7,12-13H2,1-4H3,(H2,20,21,22);1H. The zero-order valence-corrected chi connectivity index (χ0v) is 19.6. The zero-order chi connectivity index (χ0) is 19.0. The van der Waals surface area contributed by atoms with Gasteiger partial charge in [0.2, 0.25) is 0 Å². The molecule has 0 saturated heterocycles. The van der Waals surface area contributed by atoms with Gasteiger partial charge in [-0.1, -0.05) is 25.1 Å². The molecule has 0 saturated carbocycles. The largest absolute Gasteiger partial charge is 0.383 e. The summed E-state index contributed by atoms with van der Waals surface area (Å²) < 4.78 is 5.42. The van der Waals surface area contributed by atoms with Crippen molar-refractivity contribution in [3.8, 4) is 0 Å². The van der Waals surface area contributed by atoms with E-state index in [4.69, 9.17) is 4.52 Å². The summed E-state index contributed by atoms with van der Waals surface area (Å²) in [5.41, 5.74) is 0.0537. The molecule has 2 heterocycles. The molecule has 2 rings (SSSR count). The summed E-state index contributed by atoms with van der Waals surface area (Å²) in [6.45, 7) is 9.64. The maximum Gasteiger partial charge on any atom is 0.191 e. The summed E-state index contributed by atoms with van der Waals surface area (Å²) >= 11 is 1.54. The molecule has 0 radical (unpaired) electrons. The van der Waals surface area contributed by atoms with E-state index in [1.54, 1.807) is 18.3 Å². The molecule has 1 atom stereocenters. The topological polar surface area (TPSA) is 82.7 Å². The normalized spacial score (nSPS) is 13.9. The number of hydrogen-bond donors (Lipinski definition) is 3. The zero-order valence-electron chi connectivity index (χ0n) is 16.5. The van der Waals surface area contributed by atoms with Crippen LogP contribution in [0.25, 0.3) is 0 Å². The number of aliphatic imine (C=N–C) groups is 1. The minimum absolute atomic E-state index is 0. The predicted molar refractivity (Wildman–Crippen MR) is 122 cm³/mol. The molecule has 27 heavy (non-hydrogen) atoms. The molecule has 3 N–H and O–H groups in total. The molecule has 0 amide bonds. The van der Waals surface area contributed by atoms with Gasteiger partial charge in [-0.25, -0.2) is 4.99 Å². The maximum atomic E-state index is 10.6. The Balaban J connectivity index is 0.00000364. The first-order chi connectivity index (χ1) is 12.5. The van der Waals surface area contributed by atoms with E-state index in [9.17, 15) is 5.11 Å².